The molecule has 0 aromatic carbocycles. The maximum atomic E-state index is 10.6. The Morgan fingerprint density at radius 1 is 0.625 bits per heavy atom. The van der Waals surface area contributed by atoms with E-state index in [9.17, 15) is 4.79 Å². The molecule has 0 heterocycles. The predicted octanol–water partition coefficient (Wildman–Crippen LogP) is 5.71. The third-order valence-electron chi connectivity index (χ3n) is 4.76. The minimum atomic E-state index is -0.213. The van der Waals surface area contributed by atoms with Crippen LogP contribution in [-0.4, -0.2) is 19.0 Å². The molecule has 0 fully saturated rings. The van der Waals surface area contributed by atoms with Crippen molar-refractivity contribution in [2.45, 2.75) is 116 Å². The molecule has 1 amide bonds. The van der Waals surface area contributed by atoms with Gasteiger partial charge in [-0.05, 0) is 13.0 Å². The molecule has 3 N–H and O–H groups in total. The molecule has 0 radical (unpaired) electrons. The molecule has 0 aromatic heterocycles. The molecule has 0 aliphatic carbocycles. The Bertz CT molecular complexity index is 256. The molecule has 0 aromatic rings. The number of unbranched alkanes of at least 4 members (excludes halogenated alkanes) is 15. The molecule has 0 aliphatic heterocycles. The number of carbonyl (C=O) groups is 1. The van der Waals surface area contributed by atoms with E-state index < -0.39 is 0 Å². The first-order valence-corrected chi connectivity index (χ1v) is 10.8. The zero-order chi connectivity index (χ0) is 17.7. The first kappa shape index (κ1) is 23.4. The van der Waals surface area contributed by atoms with E-state index in [-0.39, 0.29) is 5.91 Å². The second kappa shape index (κ2) is 20.5. The van der Waals surface area contributed by atoms with Crippen LogP contribution in [0.3, 0.4) is 0 Å². The summed E-state index contributed by atoms with van der Waals surface area (Å²) in [6.45, 7) is 4.03. The summed E-state index contributed by atoms with van der Waals surface area (Å²) in [5.74, 6) is -0.213. The van der Waals surface area contributed by atoms with Gasteiger partial charge in [0, 0.05) is 13.0 Å². The topological polar surface area (TPSA) is 55.1 Å². The van der Waals surface area contributed by atoms with Gasteiger partial charge in [-0.1, -0.05) is 103 Å². The van der Waals surface area contributed by atoms with Crippen LogP contribution in [-0.2, 0) is 4.79 Å². The SMILES string of the molecule is CCCCCCCCCCCCCCCCCCNCCC(N)=O. The second-order valence-corrected chi connectivity index (χ2v) is 7.27. The minimum Gasteiger partial charge on any atom is -0.370 e. The van der Waals surface area contributed by atoms with Crippen LogP contribution in [0.15, 0.2) is 0 Å². The fourth-order valence-electron chi connectivity index (χ4n) is 3.13. The zero-order valence-electron chi connectivity index (χ0n) is 16.4. The third kappa shape index (κ3) is 21.4. The number of hydrogen-bond donors (Lipinski definition) is 2. The molecule has 24 heavy (non-hydrogen) atoms. The summed E-state index contributed by atoms with van der Waals surface area (Å²) >= 11 is 0. The lowest BCUT2D eigenvalue weighted by Crippen LogP contribution is -2.22. The summed E-state index contributed by atoms with van der Waals surface area (Å²) in [5.41, 5.74) is 5.09. The Hall–Kier alpha value is -0.570. The Morgan fingerprint density at radius 2 is 1.00 bits per heavy atom. The van der Waals surface area contributed by atoms with Crippen LogP contribution < -0.4 is 11.1 Å². The van der Waals surface area contributed by atoms with Gasteiger partial charge in [-0.3, -0.25) is 4.79 Å². The molecule has 144 valence electrons. The molecular weight excluding hydrogens is 296 g/mol. The highest BCUT2D eigenvalue weighted by molar-refractivity contribution is 5.73. The molecule has 0 saturated carbocycles. The molecule has 0 saturated heterocycles. The lowest BCUT2D eigenvalue weighted by atomic mass is 10.0. The van der Waals surface area contributed by atoms with Crippen LogP contribution >= 0.6 is 0 Å². The van der Waals surface area contributed by atoms with Gasteiger partial charge in [0.25, 0.3) is 0 Å². The number of nitrogens with two attached hydrogens (primary N) is 1. The van der Waals surface area contributed by atoms with Crippen molar-refractivity contribution >= 4 is 5.91 Å². The molecule has 0 atom stereocenters. The lowest BCUT2D eigenvalue weighted by molar-refractivity contribution is -0.117. The van der Waals surface area contributed by atoms with Gasteiger partial charge < -0.3 is 11.1 Å². The zero-order valence-corrected chi connectivity index (χ0v) is 16.4. The van der Waals surface area contributed by atoms with Crippen LogP contribution in [0.4, 0.5) is 0 Å². The maximum Gasteiger partial charge on any atom is 0.218 e. The van der Waals surface area contributed by atoms with E-state index in [0.29, 0.717) is 6.42 Å². The van der Waals surface area contributed by atoms with Crippen LogP contribution in [0.25, 0.3) is 0 Å². The fraction of sp³-hybridized carbons (Fsp3) is 0.952. The van der Waals surface area contributed by atoms with Gasteiger partial charge in [0.05, 0.1) is 0 Å². The van der Waals surface area contributed by atoms with Crippen LogP contribution in [0, 0.1) is 0 Å². The van der Waals surface area contributed by atoms with Gasteiger partial charge in [0.2, 0.25) is 5.91 Å². The van der Waals surface area contributed by atoms with E-state index in [0.717, 1.165) is 13.1 Å². The van der Waals surface area contributed by atoms with Crippen molar-refractivity contribution in [1.29, 1.82) is 0 Å². The highest BCUT2D eigenvalue weighted by Crippen LogP contribution is 2.13. The van der Waals surface area contributed by atoms with Crippen LogP contribution in [0.5, 0.6) is 0 Å². The Labute approximate surface area is 151 Å². The van der Waals surface area contributed by atoms with Crippen molar-refractivity contribution in [3.8, 4) is 0 Å². The van der Waals surface area contributed by atoms with Gasteiger partial charge in [-0.15, -0.1) is 0 Å². The van der Waals surface area contributed by atoms with Gasteiger partial charge >= 0.3 is 0 Å². The molecule has 0 rings (SSSR count). The van der Waals surface area contributed by atoms with E-state index in [1.165, 1.54) is 103 Å². The molecule has 0 spiro atoms. The first-order valence-electron chi connectivity index (χ1n) is 10.8. The third-order valence-corrected chi connectivity index (χ3v) is 4.76. The Balaban J connectivity index is 2.97. The summed E-state index contributed by atoms with van der Waals surface area (Å²) < 4.78 is 0. The summed E-state index contributed by atoms with van der Waals surface area (Å²) in [5, 5.41) is 3.27. The Kier molecular flexibility index (Phi) is 20.0. The highest BCUT2D eigenvalue weighted by Gasteiger charge is 1.95. The quantitative estimate of drug-likeness (QED) is 0.279. The van der Waals surface area contributed by atoms with E-state index in [1.807, 2.05) is 0 Å². The monoisotopic (exact) mass is 340 g/mol. The second-order valence-electron chi connectivity index (χ2n) is 7.27. The molecule has 3 nitrogen and oxygen atoms in total. The fourth-order valence-corrected chi connectivity index (χ4v) is 3.13. The smallest absolute Gasteiger partial charge is 0.218 e. The largest absolute Gasteiger partial charge is 0.370 e. The number of amides is 1. The Morgan fingerprint density at radius 3 is 1.38 bits per heavy atom. The molecule has 0 unspecified atom stereocenters. The van der Waals surface area contributed by atoms with Crippen molar-refractivity contribution in [1.82, 2.24) is 5.32 Å². The van der Waals surface area contributed by atoms with Gasteiger partial charge in [0.1, 0.15) is 0 Å². The average molecular weight is 341 g/mol. The van der Waals surface area contributed by atoms with Crippen molar-refractivity contribution in [3.63, 3.8) is 0 Å². The van der Waals surface area contributed by atoms with Gasteiger partial charge in [-0.25, -0.2) is 0 Å². The van der Waals surface area contributed by atoms with Gasteiger partial charge in [-0.2, -0.15) is 0 Å². The number of carbonyl (C=O) groups excluding carboxylic acids is 1. The number of primary amides is 1. The molecular formula is C21H44N2O. The average Bonchev–Trinajstić information content (AvgIpc) is 2.56. The maximum absolute atomic E-state index is 10.6. The van der Waals surface area contributed by atoms with Crippen molar-refractivity contribution in [2.24, 2.45) is 5.73 Å². The standard InChI is InChI=1S/C21H44N2O/c1-2-3-4-5-6-7-8-9-10-11-12-13-14-15-16-17-19-23-20-18-21(22)24/h23H,2-20H2,1H3,(H2,22,24). The number of nitrogens with one attached hydrogen (secondary N) is 1. The number of hydrogen-bond acceptors (Lipinski definition) is 2. The first-order chi connectivity index (χ1) is 11.8. The highest BCUT2D eigenvalue weighted by atomic mass is 16.1. The van der Waals surface area contributed by atoms with Crippen molar-refractivity contribution < 1.29 is 4.79 Å². The summed E-state index contributed by atoms with van der Waals surface area (Å²) in [6.07, 6.45) is 22.9. The van der Waals surface area contributed by atoms with E-state index >= 15 is 0 Å². The van der Waals surface area contributed by atoms with E-state index in [4.69, 9.17) is 5.73 Å². The van der Waals surface area contributed by atoms with E-state index in [2.05, 4.69) is 12.2 Å². The summed E-state index contributed by atoms with van der Waals surface area (Å²) in [7, 11) is 0. The van der Waals surface area contributed by atoms with E-state index in [1.54, 1.807) is 0 Å². The van der Waals surface area contributed by atoms with Crippen molar-refractivity contribution in [3.05, 3.63) is 0 Å². The molecule has 0 aliphatic rings. The summed E-state index contributed by atoms with van der Waals surface area (Å²) in [4.78, 5) is 10.6. The predicted molar refractivity (Wildman–Crippen MR) is 106 cm³/mol. The minimum absolute atomic E-state index is 0.213. The normalized spacial score (nSPS) is 11.0. The molecule has 3 heteroatoms. The van der Waals surface area contributed by atoms with Crippen LogP contribution in [0.2, 0.25) is 0 Å². The summed E-state index contributed by atoms with van der Waals surface area (Å²) in [6, 6.07) is 0. The van der Waals surface area contributed by atoms with Crippen LogP contribution in [0.1, 0.15) is 116 Å². The lowest BCUT2D eigenvalue weighted by Gasteiger charge is -2.04. The van der Waals surface area contributed by atoms with Gasteiger partial charge in [0.15, 0.2) is 0 Å². The number of rotatable bonds is 20. The molecule has 0 bridgehead atoms. The van der Waals surface area contributed by atoms with Crippen molar-refractivity contribution in [2.75, 3.05) is 13.1 Å².